The zero-order chi connectivity index (χ0) is 19.8. The van der Waals surface area contributed by atoms with E-state index in [0.717, 1.165) is 17.4 Å². The van der Waals surface area contributed by atoms with Crippen LogP contribution in [0.5, 0.6) is 0 Å². The van der Waals surface area contributed by atoms with Gasteiger partial charge in [0, 0.05) is 11.3 Å². The molecular formula is C12H7F9N2O2. The molecule has 0 aliphatic carbocycles. The molecule has 0 aliphatic rings. The molecule has 1 rings (SSSR count). The van der Waals surface area contributed by atoms with Crippen molar-refractivity contribution in [2.45, 2.75) is 23.9 Å². The number of hydrogen-bond donors (Lipinski definition) is 2. The van der Waals surface area contributed by atoms with Crippen LogP contribution in [0.1, 0.15) is 10.4 Å². The van der Waals surface area contributed by atoms with Gasteiger partial charge in [-0.1, -0.05) is 0 Å². The van der Waals surface area contributed by atoms with Crippen LogP contribution in [0, 0.1) is 0 Å². The average molecular weight is 382 g/mol. The number of carbonyl (C=O) groups excluding carboxylic acids is 2. The van der Waals surface area contributed by atoms with Gasteiger partial charge in [0.1, 0.15) is 0 Å². The zero-order valence-corrected chi connectivity index (χ0v) is 11.6. The molecule has 140 valence electrons. The molecule has 0 spiro atoms. The van der Waals surface area contributed by atoms with Crippen molar-refractivity contribution in [3.8, 4) is 0 Å². The Kier molecular flexibility index (Phi) is 5.03. The topological polar surface area (TPSA) is 72.2 Å². The summed E-state index contributed by atoms with van der Waals surface area (Å²) in [6, 6.07) is 3.15. The molecule has 1 aromatic rings. The lowest BCUT2D eigenvalue weighted by molar-refractivity contribution is -0.388. The van der Waals surface area contributed by atoms with Crippen LogP contribution in [-0.2, 0) is 4.79 Å². The molecule has 0 heterocycles. The number of hydrogen-bond acceptors (Lipinski definition) is 2. The highest BCUT2D eigenvalue weighted by Crippen LogP contribution is 2.53. The van der Waals surface area contributed by atoms with Crippen molar-refractivity contribution in [3.05, 3.63) is 29.8 Å². The van der Waals surface area contributed by atoms with Gasteiger partial charge in [-0.15, -0.1) is 0 Å². The second-order valence-electron chi connectivity index (χ2n) is 4.62. The van der Waals surface area contributed by atoms with Crippen molar-refractivity contribution in [1.29, 1.82) is 0 Å². The van der Waals surface area contributed by atoms with Crippen molar-refractivity contribution in [3.63, 3.8) is 0 Å². The molecule has 0 saturated carbocycles. The van der Waals surface area contributed by atoms with Gasteiger partial charge in [0.15, 0.2) is 0 Å². The molecule has 0 aliphatic heterocycles. The first-order valence-corrected chi connectivity index (χ1v) is 5.97. The molecule has 0 bridgehead atoms. The first-order chi connectivity index (χ1) is 11.1. The van der Waals surface area contributed by atoms with Crippen LogP contribution < -0.4 is 11.1 Å². The van der Waals surface area contributed by atoms with Crippen LogP contribution in [-0.4, -0.2) is 35.8 Å². The predicted octanol–water partition coefficient (Wildman–Crippen LogP) is 3.19. The van der Waals surface area contributed by atoms with Crippen molar-refractivity contribution < 1.29 is 49.1 Å². The van der Waals surface area contributed by atoms with E-state index < -0.39 is 41.4 Å². The minimum Gasteiger partial charge on any atom is -0.366 e. The third-order valence-corrected chi connectivity index (χ3v) is 2.86. The molecule has 25 heavy (non-hydrogen) atoms. The molecule has 2 amide bonds. The minimum atomic E-state index is -7.17. The summed E-state index contributed by atoms with van der Waals surface area (Å²) in [6.07, 6.45) is -7.02. The number of nitrogens with one attached hydrogen (secondary N) is 1. The molecule has 1 aromatic carbocycles. The quantitative estimate of drug-likeness (QED) is 0.768. The number of carbonyl (C=O) groups is 2. The smallest absolute Gasteiger partial charge is 0.366 e. The first kappa shape index (κ1) is 20.6. The van der Waals surface area contributed by atoms with Gasteiger partial charge < -0.3 is 11.1 Å². The minimum absolute atomic E-state index is 0.182. The van der Waals surface area contributed by atoms with Gasteiger partial charge in [0.25, 0.3) is 0 Å². The SMILES string of the molecule is NC(=O)c1ccc(NC(=O)C(F)(F)C(F)(F)C(F)(F)C(F)(F)F)cc1. The number of nitrogens with two attached hydrogens (primary N) is 1. The van der Waals surface area contributed by atoms with Crippen molar-refractivity contribution in [1.82, 2.24) is 0 Å². The maximum Gasteiger partial charge on any atom is 0.460 e. The van der Waals surface area contributed by atoms with Crippen LogP contribution in [0.2, 0.25) is 0 Å². The van der Waals surface area contributed by atoms with E-state index in [9.17, 15) is 49.1 Å². The van der Waals surface area contributed by atoms with E-state index in [-0.39, 0.29) is 5.56 Å². The summed E-state index contributed by atoms with van der Waals surface area (Å²) in [5, 5.41) is 1.06. The van der Waals surface area contributed by atoms with Gasteiger partial charge in [0.05, 0.1) is 0 Å². The fourth-order valence-corrected chi connectivity index (χ4v) is 1.45. The van der Waals surface area contributed by atoms with E-state index in [4.69, 9.17) is 5.73 Å². The van der Waals surface area contributed by atoms with Crippen molar-refractivity contribution in [2.24, 2.45) is 5.73 Å². The van der Waals surface area contributed by atoms with Crippen LogP contribution in [0.3, 0.4) is 0 Å². The summed E-state index contributed by atoms with van der Waals surface area (Å²) in [5.74, 6) is -24.7. The van der Waals surface area contributed by atoms with Gasteiger partial charge in [-0.05, 0) is 24.3 Å². The Labute approximate surface area is 132 Å². The first-order valence-electron chi connectivity index (χ1n) is 5.97. The maximum atomic E-state index is 13.3. The largest absolute Gasteiger partial charge is 0.460 e. The summed E-state index contributed by atoms with van der Waals surface area (Å²) in [4.78, 5) is 21.9. The van der Waals surface area contributed by atoms with Crippen LogP contribution >= 0.6 is 0 Å². The van der Waals surface area contributed by atoms with E-state index in [0.29, 0.717) is 12.1 Å². The molecule has 0 fully saturated rings. The summed E-state index contributed by atoms with van der Waals surface area (Å²) in [5.41, 5.74) is 3.98. The number of primary amides is 1. The Morgan fingerprint density at radius 2 is 1.24 bits per heavy atom. The van der Waals surface area contributed by atoms with Gasteiger partial charge in [0.2, 0.25) is 5.91 Å². The van der Waals surface area contributed by atoms with E-state index in [1.54, 1.807) is 0 Å². The van der Waals surface area contributed by atoms with E-state index in [1.807, 2.05) is 0 Å². The normalized spacial score (nSPS) is 13.5. The number of anilines is 1. The summed E-state index contributed by atoms with van der Waals surface area (Å²) >= 11 is 0. The lowest BCUT2D eigenvalue weighted by atomic mass is 10.0. The highest BCUT2D eigenvalue weighted by molar-refractivity contribution is 5.98. The predicted molar refractivity (Wildman–Crippen MR) is 64.5 cm³/mol. The lowest BCUT2D eigenvalue weighted by Gasteiger charge is -2.32. The Morgan fingerprint density at radius 1 is 0.800 bits per heavy atom. The molecule has 0 unspecified atom stereocenters. The third kappa shape index (κ3) is 3.49. The second-order valence-corrected chi connectivity index (χ2v) is 4.62. The fraction of sp³-hybridized carbons (Fsp3) is 0.333. The number of alkyl halides is 9. The summed E-state index contributed by atoms with van der Waals surface area (Å²) in [7, 11) is 0. The Morgan fingerprint density at radius 3 is 1.60 bits per heavy atom. The van der Waals surface area contributed by atoms with E-state index in [2.05, 4.69) is 0 Å². The maximum absolute atomic E-state index is 13.3. The fourth-order valence-electron chi connectivity index (χ4n) is 1.45. The van der Waals surface area contributed by atoms with Crippen molar-refractivity contribution >= 4 is 17.5 Å². The Hall–Kier alpha value is -2.47. The van der Waals surface area contributed by atoms with E-state index in [1.165, 1.54) is 0 Å². The van der Waals surface area contributed by atoms with Crippen LogP contribution in [0.25, 0.3) is 0 Å². The number of benzene rings is 1. The second kappa shape index (κ2) is 6.11. The highest BCUT2D eigenvalue weighted by Gasteiger charge is 2.83. The number of halogens is 9. The summed E-state index contributed by atoms with van der Waals surface area (Å²) < 4.78 is 114. The Balaban J connectivity index is 3.11. The molecular weight excluding hydrogens is 375 g/mol. The van der Waals surface area contributed by atoms with Gasteiger partial charge in [-0.25, -0.2) is 0 Å². The van der Waals surface area contributed by atoms with Gasteiger partial charge >= 0.3 is 29.9 Å². The van der Waals surface area contributed by atoms with Gasteiger partial charge in [-0.3, -0.25) is 9.59 Å². The number of amides is 2. The third-order valence-electron chi connectivity index (χ3n) is 2.86. The van der Waals surface area contributed by atoms with Crippen LogP contribution in [0.15, 0.2) is 24.3 Å². The van der Waals surface area contributed by atoms with Crippen LogP contribution in [0.4, 0.5) is 45.2 Å². The lowest BCUT2D eigenvalue weighted by Crippen LogP contribution is -2.64. The molecule has 0 aromatic heterocycles. The molecule has 0 radical (unpaired) electrons. The van der Waals surface area contributed by atoms with Crippen molar-refractivity contribution in [2.75, 3.05) is 5.32 Å². The monoisotopic (exact) mass is 382 g/mol. The molecule has 3 N–H and O–H groups in total. The summed E-state index contributed by atoms with van der Waals surface area (Å²) in [6.45, 7) is 0. The number of rotatable bonds is 5. The standard InChI is InChI=1S/C12H7F9N2O2/c13-9(14,10(15,16)11(17,18)12(19,20)21)8(25)23-6-3-1-5(2-4-6)7(22)24/h1-4H,(H2,22,24)(H,23,25). The molecule has 13 heteroatoms. The average Bonchev–Trinajstić information content (AvgIpc) is 2.46. The molecule has 4 nitrogen and oxygen atoms in total. The van der Waals surface area contributed by atoms with E-state index >= 15 is 0 Å². The Bertz CT molecular complexity index is 668. The highest BCUT2D eigenvalue weighted by atomic mass is 19.4. The zero-order valence-electron chi connectivity index (χ0n) is 11.6. The molecule has 0 saturated heterocycles. The molecule has 0 atom stereocenters. The van der Waals surface area contributed by atoms with Gasteiger partial charge in [-0.2, -0.15) is 39.5 Å².